The van der Waals surface area contributed by atoms with Crippen LogP contribution in [0.2, 0.25) is 0 Å². The first kappa shape index (κ1) is 16.2. The van der Waals surface area contributed by atoms with Gasteiger partial charge in [0, 0.05) is 12.7 Å². The summed E-state index contributed by atoms with van der Waals surface area (Å²) < 4.78 is 1.59. The molecule has 0 aliphatic carbocycles. The van der Waals surface area contributed by atoms with Crippen LogP contribution in [0.3, 0.4) is 0 Å². The van der Waals surface area contributed by atoms with Gasteiger partial charge in [-0.1, -0.05) is 26.0 Å². The Morgan fingerprint density at radius 3 is 2.55 bits per heavy atom. The predicted octanol–water partition coefficient (Wildman–Crippen LogP) is 3.02. The molecule has 0 aliphatic heterocycles. The van der Waals surface area contributed by atoms with Gasteiger partial charge in [0.2, 0.25) is 0 Å². The number of aromatic nitrogens is 2. The number of rotatable bonds is 4. The van der Waals surface area contributed by atoms with Crippen LogP contribution in [0.1, 0.15) is 55.4 Å². The predicted molar refractivity (Wildman–Crippen MR) is 86.9 cm³/mol. The molecule has 0 fully saturated rings. The number of carbonyl (C=O) groups is 1. The first-order valence-corrected chi connectivity index (χ1v) is 7.36. The van der Waals surface area contributed by atoms with Crippen LogP contribution in [0.25, 0.3) is 0 Å². The molecule has 0 aliphatic rings. The Bertz CT molecular complexity index is 681. The Hall–Kier alpha value is -2.14. The fraction of sp³-hybridized carbons (Fsp3) is 0.412. The maximum Gasteiger partial charge on any atom is 0.273 e. The molecule has 0 unspecified atom stereocenters. The summed E-state index contributed by atoms with van der Waals surface area (Å²) in [7, 11) is 1.76. The van der Waals surface area contributed by atoms with E-state index in [-0.39, 0.29) is 11.8 Å². The van der Waals surface area contributed by atoms with Crippen molar-refractivity contribution in [1.29, 1.82) is 0 Å². The summed E-state index contributed by atoms with van der Waals surface area (Å²) in [5.74, 6) is 0.0565. The number of aryl methyl sites for hydroxylation is 1. The number of carbonyl (C=O) groups excluding carboxylic acids is 1. The lowest BCUT2D eigenvalue weighted by Gasteiger charge is -2.18. The van der Waals surface area contributed by atoms with Gasteiger partial charge in [0.1, 0.15) is 5.69 Å². The maximum atomic E-state index is 12.4. The van der Waals surface area contributed by atoms with Gasteiger partial charge in [-0.2, -0.15) is 5.10 Å². The van der Waals surface area contributed by atoms with Gasteiger partial charge in [-0.3, -0.25) is 9.48 Å². The van der Waals surface area contributed by atoms with Crippen LogP contribution in [0, 0.1) is 0 Å². The second-order valence-electron chi connectivity index (χ2n) is 6.33. The van der Waals surface area contributed by atoms with Crippen LogP contribution in [0.5, 0.6) is 0 Å². The minimum absolute atomic E-state index is 0.213. The summed E-state index contributed by atoms with van der Waals surface area (Å²) in [6.45, 7) is 7.50. The van der Waals surface area contributed by atoms with Crippen LogP contribution >= 0.6 is 0 Å². The van der Waals surface area contributed by atoms with Crippen molar-refractivity contribution in [2.45, 2.75) is 39.2 Å². The Morgan fingerprint density at radius 2 is 2.00 bits per heavy atom. The van der Waals surface area contributed by atoms with Crippen molar-refractivity contribution in [1.82, 2.24) is 9.78 Å². The molecule has 5 nitrogen and oxygen atoms in total. The molecule has 0 saturated carbocycles. The highest BCUT2D eigenvalue weighted by Crippen LogP contribution is 2.23. The molecule has 0 radical (unpaired) electrons. The molecule has 0 saturated heterocycles. The molecular formula is C17H23N3O2. The number of nitrogens with zero attached hydrogens (tertiary/aromatic N) is 2. The lowest BCUT2D eigenvalue weighted by Crippen LogP contribution is -2.18. The monoisotopic (exact) mass is 301 g/mol. The van der Waals surface area contributed by atoms with E-state index in [0.29, 0.717) is 11.4 Å². The van der Waals surface area contributed by atoms with Crippen molar-refractivity contribution in [3.8, 4) is 0 Å². The molecule has 1 amide bonds. The molecule has 2 rings (SSSR count). The fourth-order valence-corrected chi connectivity index (χ4v) is 2.16. The van der Waals surface area contributed by atoms with E-state index in [0.717, 1.165) is 11.3 Å². The van der Waals surface area contributed by atoms with Crippen LogP contribution in [-0.4, -0.2) is 20.8 Å². The molecule has 2 N–H and O–H groups in total. The molecule has 0 atom stereocenters. The van der Waals surface area contributed by atoms with E-state index in [2.05, 4.69) is 10.4 Å². The standard InChI is InChI=1S/C17H23N3O2/c1-11(2)14-10-15(20(5)19-14)16(21)18-13-8-6-7-12(9-13)17(3,4)22/h6-11,22H,1-5H3,(H,18,21). The van der Waals surface area contributed by atoms with Gasteiger partial charge < -0.3 is 10.4 Å². The van der Waals surface area contributed by atoms with E-state index >= 15 is 0 Å². The van der Waals surface area contributed by atoms with E-state index in [1.54, 1.807) is 43.8 Å². The van der Waals surface area contributed by atoms with Gasteiger partial charge in [-0.25, -0.2) is 0 Å². The third-order valence-electron chi connectivity index (χ3n) is 3.55. The third-order valence-corrected chi connectivity index (χ3v) is 3.55. The normalized spacial score (nSPS) is 11.8. The molecule has 5 heteroatoms. The summed E-state index contributed by atoms with van der Waals surface area (Å²) in [4.78, 5) is 12.4. The van der Waals surface area contributed by atoms with Crippen molar-refractivity contribution in [3.05, 3.63) is 47.3 Å². The summed E-state index contributed by atoms with van der Waals surface area (Å²) in [5, 5.41) is 17.2. The van der Waals surface area contributed by atoms with Crippen LogP contribution < -0.4 is 5.32 Å². The van der Waals surface area contributed by atoms with Gasteiger partial charge in [0.05, 0.1) is 11.3 Å². The highest BCUT2D eigenvalue weighted by atomic mass is 16.3. The van der Waals surface area contributed by atoms with E-state index in [4.69, 9.17) is 0 Å². The lowest BCUT2D eigenvalue weighted by molar-refractivity contribution is 0.0786. The number of benzene rings is 1. The highest BCUT2D eigenvalue weighted by molar-refractivity contribution is 6.03. The first-order valence-electron chi connectivity index (χ1n) is 7.36. The quantitative estimate of drug-likeness (QED) is 0.912. The van der Waals surface area contributed by atoms with Crippen molar-refractivity contribution < 1.29 is 9.90 Å². The second-order valence-corrected chi connectivity index (χ2v) is 6.33. The average Bonchev–Trinajstić information content (AvgIpc) is 2.80. The van der Waals surface area contributed by atoms with E-state index in [1.807, 2.05) is 26.0 Å². The van der Waals surface area contributed by atoms with Crippen molar-refractivity contribution in [2.24, 2.45) is 7.05 Å². The number of aliphatic hydroxyl groups is 1. The highest BCUT2D eigenvalue weighted by Gasteiger charge is 2.18. The maximum absolute atomic E-state index is 12.4. The minimum atomic E-state index is -0.946. The largest absolute Gasteiger partial charge is 0.386 e. The lowest BCUT2D eigenvalue weighted by atomic mass is 9.98. The Kier molecular flexibility index (Phi) is 4.37. The molecule has 0 spiro atoms. The van der Waals surface area contributed by atoms with E-state index < -0.39 is 5.60 Å². The SMILES string of the molecule is CC(C)c1cc(C(=O)Nc2cccc(C(C)(C)O)c2)n(C)n1. The van der Waals surface area contributed by atoms with Gasteiger partial charge >= 0.3 is 0 Å². The fourth-order valence-electron chi connectivity index (χ4n) is 2.16. The molecular weight excluding hydrogens is 278 g/mol. The zero-order chi connectivity index (χ0) is 16.5. The van der Waals surface area contributed by atoms with Crippen LogP contribution in [-0.2, 0) is 12.6 Å². The van der Waals surface area contributed by atoms with E-state index in [1.165, 1.54) is 0 Å². The number of anilines is 1. The second kappa shape index (κ2) is 5.93. The molecule has 118 valence electrons. The molecule has 1 aromatic carbocycles. The average molecular weight is 301 g/mol. The van der Waals surface area contributed by atoms with Crippen molar-refractivity contribution in [3.63, 3.8) is 0 Å². The molecule has 1 heterocycles. The van der Waals surface area contributed by atoms with Gasteiger partial charge in [-0.15, -0.1) is 0 Å². The number of nitrogens with one attached hydrogen (secondary N) is 1. The smallest absolute Gasteiger partial charge is 0.273 e. The van der Waals surface area contributed by atoms with Gasteiger partial charge in [0.25, 0.3) is 5.91 Å². The van der Waals surface area contributed by atoms with Gasteiger partial charge in [0.15, 0.2) is 0 Å². The number of amides is 1. The zero-order valence-corrected chi connectivity index (χ0v) is 13.7. The summed E-state index contributed by atoms with van der Waals surface area (Å²) >= 11 is 0. The Balaban J connectivity index is 2.22. The van der Waals surface area contributed by atoms with Gasteiger partial charge in [-0.05, 0) is 43.5 Å². The van der Waals surface area contributed by atoms with E-state index in [9.17, 15) is 9.90 Å². The molecule has 22 heavy (non-hydrogen) atoms. The van der Waals surface area contributed by atoms with Crippen molar-refractivity contribution >= 4 is 11.6 Å². The number of hydrogen-bond acceptors (Lipinski definition) is 3. The molecule has 1 aromatic heterocycles. The van der Waals surface area contributed by atoms with Crippen LogP contribution in [0.4, 0.5) is 5.69 Å². The summed E-state index contributed by atoms with van der Waals surface area (Å²) in [6.07, 6.45) is 0. The number of hydrogen-bond donors (Lipinski definition) is 2. The zero-order valence-electron chi connectivity index (χ0n) is 13.7. The van der Waals surface area contributed by atoms with Crippen LogP contribution in [0.15, 0.2) is 30.3 Å². The molecule has 2 aromatic rings. The first-order chi connectivity index (χ1) is 10.2. The Labute approximate surface area is 131 Å². The summed E-state index contributed by atoms with van der Waals surface area (Å²) in [6, 6.07) is 9.02. The summed E-state index contributed by atoms with van der Waals surface area (Å²) in [5.41, 5.74) is 1.85. The van der Waals surface area contributed by atoms with Crippen molar-refractivity contribution in [2.75, 3.05) is 5.32 Å². The Morgan fingerprint density at radius 1 is 1.32 bits per heavy atom. The topological polar surface area (TPSA) is 67.2 Å². The minimum Gasteiger partial charge on any atom is -0.386 e. The molecule has 0 bridgehead atoms. The third kappa shape index (κ3) is 3.54.